The van der Waals surface area contributed by atoms with E-state index in [0.29, 0.717) is 5.92 Å². The lowest BCUT2D eigenvalue weighted by Gasteiger charge is -2.28. The summed E-state index contributed by atoms with van der Waals surface area (Å²) in [7, 11) is 0. The fourth-order valence-corrected chi connectivity index (χ4v) is 3.15. The molecule has 0 bridgehead atoms. The van der Waals surface area contributed by atoms with Crippen LogP contribution in [0.25, 0.3) is 0 Å². The summed E-state index contributed by atoms with van der Waals surface area (Å²) in [5.41, 5.74) is 2.15. The Bertz CT molecular complexity index is 449. The summed E-state index contributed by atoms with van der Waals surface area (Å²) in [6, 6.07) is 10.3. The number of ether oxygens (including phenoxy) is 1. The van der Waals surface area contributed by atoms with Gasteiger partial charge in [-0.1, -0.05) is 18.7 Å². The first-order valence-corrected chi connectivity index (χ1v) is 7.56. The van der Waals surface area contributed by atoms with Gasteiger partial charge in [-0.25, -0.2) is 0 Å². The van der Waals surface area contributed by atoms with Crippen molar-refractivity contribution in [2.45, 2.75) is 44.4 Å². The maximum Gasteiger partial charge on any atom is 0.0991 e. The van der Waals surface area contributed by atoms with Gasteiger partial charge in [-0.2, -0.15) is 5.26 Å². The first-order valence-electron chi connectivity index (χ1n) is 7.56. The molecule has 1 saturated carbocycles. The molecule has 0 atom stereocenters. The molecule has 0 amide bonds. The van der Waals surface area contributed by atoms with Gasteiger partial charge in [0.15, 0.2) is 0 Å². The Morgan fingerprint density at radius 3 is 2.50 bits per heavy atom. The highest BCUT2D eigenvalue weighted by atomic mass is 16.5. The maximum absolute atomic E-state index is 8.83. The van der Waals surface area contributed by atoms with Crippen LogP contribution in [0, 0.1) is 17.2 Å². The molecule has 0 spiro atoms. The van der Waals surface area contributed by atoms with Gasteiger partial charge in [-0.15, -0.1) is 0 Å². The summed E-state index contributed by atoms with van der Waals surface area (Å²) in [6.07, 6.45) is 9.13. The van der Waals surface area contributed by atoms with E-state index in [2.05, 4.69) is 24.8 Å². The minimum atomic E-state index is 0.684. The molecule has 0 aliphatic heterocycles. The highest BCUT2D eigenvalue weighted by Gasteiger charge is 2.21. The molecule has 2 rings (SSSR count). The van der Waals surface area contributed by atoms with Gasteiger partial charge in [0, 0.05) is 0 Å². The minimum Gasteiger partial charge on any atom is -0.502 e. The lowest BCUT2D eigenvalue weighted by molar-refractivity contribution is 0.220. The largest absolute Gasteiger partial charge is 0.502 e. The van der Waals surface area contributed by atoms with Crippen LogP contribution in [-0.4, -0.2) is 6.61 Å². The van der Waals surface area contributed by atoms with Crippen LogP contribution in [0.1, 0.15) is 55.6 Å². The zero-order chi connectivity index (χ0) is 14.2. The van der Waals surface area contributed by atoms with E-state index in [1.165, 1.54) is 43.9 Å². The Morgan fingerprint density at radius 1 is 1.20 bits per heavy atom. The van der Waals surface area contributed by atoms with Crippen molar-refractivity contribution in [1.82, 2.24) is 0 Å². The molecule has 2 nitrogen and oxygen atoms in total. The molecule has 0 aromatic heterocycles. The number of nitrogens with zero attached hydrogens (tertiary/aromatic N) is 1. The van der Waals surface area contributed by atoms with Gasteiger partial charge in [0.1, 0.15) is 0 Å². The van der Waals surface area contributed by atoms with Crippen LogP contribution in [0.4, 0.5) is 0 Å². The third-order valence-corrected chi connectivity index (χ3v) is 4.35. The standard InChI is InChI=1S/C18H23NO/c1-2-20-13-3-4-15-5-9-17(10-6-15)18-11-7-16(14-19)8-12-18/h2,7-8,11-12,15,17H,1,3-6,9-10,13H2/t15-,17-. The molecule has 1 aliphatic rings. The van der Waals surface area contributed by atoms with Gasteiger partial charge in [0.05, 0.1) is 24.5 Å². The van der Waals surface area contributed by atoms with Crippen molar-refractivity contribution in [2.24, 2.45) is 5.92 Å². The highest BCUT2D eigenvalue weighted by Crippen LogP contribution is 2.37. The zero-order valence-corrected chi connectivity index (χ0v) is 12.1. The van der Waals surface area contributed by atoms with Crippen molar-refractivity contribution in [3.05, 3.63) is 48.2 Å². The molecule has 2 heteroatoms. The summed E-state index contributed by atoms with van der Waals surface area (Å²) < 4.78 is 5.17. The molecule has 0 radical (unpaired) electrons. The van der Waals surface area contributed by atoms with E-state index in [9.17, 15) is 0 Å². The molecule has 0 saturated heterocycles. The third kappa shape index (κ3) is 4.13. The molecule has 106 valence electrons. The van der Waals surface area contributed by atoms with Crippen LogP contribution in [-0.2, 0) is 4.74 Å². The molecule has 1 aromatic rings. The predicted octanol–water partition coefficient (Wildman–Crippen LogP) is 4.77. The van der Waals surface area contributed by atoms with Crippen molar-refractivity contribution >= 4 is 0 Å². The minimum absolute atomic E-state index is 0.684. The lowest BCUT2D eigenvalue weighted by Crippen LogP contribution is -2.13. The van der Waals surface area contributed by atoms with E-state index >= 15 is 0 Å². The molecular weight excluding hydrogens is 246 g/mol. The van der Waals surface area contributed by atoms with Crippen LogP contribution >= 0.6 is 0 Å². The van der Waals surface area contributed by atoms with Gasteiger partial charge in [-0.3, -0.25) is 0 Å². The molecule has 0 unspecified atom stereocenters. The fraction of sp³-hybridized carbons (Fsp3) is 0.500. The van der Waals surface area contributed by atoms with Crippen molar-refractivity contribution in [3.8, 4) is 6.07 Å². The summed E-state index contributed by atoms with van der Waals surface area (Å²) in [6.45, 7) is 4.36. The molecular formula is C18H23NO. The van der Waals surface area contributed by atoms with E-state index in [-0.39, 0.29) is 0 Å². The van der Waals surface area contributed by atoms with Crippen molar-refractivity contribution in [2.75, 3.05) is 6.61 Å². The molecule has 1 aromatic carbocycles. The van der Waals surface area contributed by atoms with Gasteiger partial charge >= 0.3 is 0 Å². The van der Waals surface area contributed by atoms with Gasteiger partial charge < -0.3 is 4.74 Å². The second-order valence-electron chi connectivity index (χ2n) is 5.63. The topological polar surface area (TPSA) is 33.0 Å². The van der Waals surface area contributed by atoms with Crippen LogP contribution in [0.15, 0.2) is 37.1 Å². The van der Waals surface area contributed by atoms with E-state index < -0.39 is 0 Å². The smallest absolute Gasteiger partial charge is 0.0991 e. The van der Waals surface area contributed by atoms with Crippen LogP contribution in [0.5, 0.6) is 0 Å². The zero-order valence-electron chi connectivity index (χ0n) is 12.1. The number of benzene rings is 1. The van der Waals surface area contributed by atoms with E-state index in [0.717, 1.165) is 24.5 Å². The van der Waals surface area contributed by atoms with Gasteiger partial charge in [0.2, 0.25) is 0 Å². The normalized spacial score (nSPS) is 21.9. The van der Waals surface area contributed by atoms with Crippen molar-refractivity contribution in [3.63, 3.8) is 0 Å². The first kappa shape index (κ1) is 14.7. The first-order chi connectivity index (χ1) is 9.83. The van der Waals surface area contributed by atoms with Gasteiger partial charge in [-0.05, 0) is 68.1 Å². The van der Waals surface area contributed by atoms with Crippen LogP contribution in [0.3, 0.4) is 0 Å². The Morgan fingerprint density at radius 2 is 1.90 bits per heavy atom. The maximum atomic E-state index is 8.83. The number of hydrogen-bond acceptors (Lipinski definition) is 2. The highest BCUT2D eigenvalue weighted by molar-refractivity contribution is 5.33. The number of nitriles is 1. The van der Waals surface area contributed by atoms with Crippen LogP contribution < -0.4 is 0 Å². The van der Waals surface area contributed by atoms with Gasteiger partial charge in [0.25, 0.3) is 0 Å². The summed E-state index contributed by atoms with van der Waals surface area (Å²) in [4.78, 5) is 0. The molecule has 0 N–H and O–H groups in total. The van der Waals surface area contributed by atoms with Crippen molar-refractivity contribution in [1.29, 1.82) is 5.26 Å². The Balaban J connectivity index is 1.76. The fourth-order valence-electron chi connectivity index (χ4n) is 3.15. The second-order valence-corrected chi connectivity index (χ2v) is 5.63. The quantitative estimate of drug-likeness (QED) is 0.550. The molecule has 0 heterocycles. The molecule has 1 fully saturated rings. The number of rotatable bonds is 6. The predicted molar refractivity (Wildman–Crippen MR) is 81.2 cm³/mol. The SMILES string of the molecule is C=COCCC[C@H]1CC[C@H](c2ccc(C#N)cc2)CC1. The lowest BCUT2D eigenvalue weighted by atomic mass is 9.77. The Hall–Kier alpha value is -1.75. The Kier molecular flexibility index (Phi) is 5.68. The van der Waals surface area contributed by atoms with Crippen LogP contribution in [0.2, 0.25) is 0 Å². The second kappa shape index (κ2) is 7.75. The van der Waals surface area contributed by atoms with E-state index in [4.69, 9.17) is 10.00 Å². The number of hydrogen-bond donors (Lipinski definition) is 0. The molecule has 20 heavy (non-hydrogen) atoms. The molecule has 1 aliphatic carbocycles. The third-order valence-electron chi connectivity index (χ3n) is 4.35. The average Bonchev–Trinajstić information content (AvgIpc) is 2.52. The Labute approximate surface area is 122 Å². The van der Waals surface area contributed by atoms with Crippen molar-refractivity contribution < 1.29 is 4.74 Å². The summed E-state index contributed by atoms with van der Waals surface area (Å²) in [5.74, 6) is 1.54. The van der Waals surface area contributed by atoms with E-state index in [1.807, 2.05) is 12.1 Å². The monoisotopic (exact) mass is 269 g/mol. The summed E-state index contributed by atoms with van der Waals surface area (Å²) in [5, 5.41) is 8.83. The summed E-state index contributed by atoms with van der Waals surface area (Å²) >= 11 is 0. The average molecular weight is 269 g/mol. The van der Waals surface area contributed by atoms with E-state index in [1.54, 1.807) is 0 Å².